The number of halogens is 3. The third kappa shape index (κ3) is 6.35. The van der Waals surface area contributed by atoms with Crippen LogP contribution in [0.15, 0.2) is 65.7 Å². The molecule has 1 saturated heterocycles. The van der Waals surface area contributed by atoms with Crippen LogP contribution in [0.2, 0.25) is 0 Å². The summed E-state index contributed by atoms with van der Waals surface area (Å²) in [6, 6.07) is 16.6. The number of Topliss-reactive ketones (excluding diaryl/α,β-unsaturated/α-hetero) is 1. The number of benzene rings is 3. The van der Waals surface area contributed by atoms with Crippen molar-refractivity contribution in [1.82, 2.24) is 14.9 Å². The van der Waals surface area contributed by atoms with Gasteiger partial charge in [0.05, 0.1) is 12.0 Å². The zero-order valence-corrected chi connectivity index (χ0v) is 26.6. The highest BCUT2D eigenvalue weighted by Gasteiger charge is 2.44. The van der Waals surface area contributed by atoms with Crippen LogP contribution in [0.4, 0.5) is 18.0 Å². The molecule has 0 N–H and O–H groups in total. The Morgan fingerprint density at radius 1 is 1.00 bits per heavy atom. The second-order valence-electron chi connectivity index (χ2n) is 12.4. The van der Waals surface area contributed by atoms with Gasteiger partial charge in [0.15, 0.2) is 17.5 Å². The van der Waals surface area contributed by atoms with Crippen molar-refractivity contribution in [3.8, 4) is 0 Å². The first-order chi connectivity index (χ1) is 22.0. The van der Waals surface area contributed by atoms with Crippen LogP contribution in [0.1, 0.15) is 67.0 Å². The van der Waals surface area contributed by atoms with Crippen molar-refractivity contribution < 1.29 is 27.6 Å². The third-order valence-electron chi connectivity index (χ3n) is 9.52. The number of amides is 3. The molecule has 2 aliphatic rings. The summed E-state index contributed by atoms with van der Waals surface area (Å²) in [5.41, 5.74) is 4.94. The van der Waals surface area contributed by atoms with Gasteiger partial charge in [0.1, 0.15) is 5.78 Å². The van der Waals surface area contributed by atoms with Gasteiger partial charge >= 0.3 is 6.03 Å². The van der Waals surface area contributed by atoms with E-state index in [2.05, 4.69) is 72.3 Å². The van der Waals surface area contributed by atoms with Crippen LogP contribution in [0.25, 0.3) is 0 Å². The Balaban J connectivity index is 1.33. The van der Waals surface area contributed by atoms with E-state index in [1.165, 1.54) is 36.1 Å². The number of hydrazine groups is 1. The van der Waals surface area contributed by atoms with Gasteiger partial charge in [0.25, 0.3) is 0 Å². The summed E-state index contributed by atoms with van der Waals surface area (Å²) >= 11 is 0. The van der Waals surface area contributed by atoms with E-state index >= 15 is 0 Å². The Labute approximate surface area is 267 Å². The minimum atomic E-state index is -1.66. The monoisotopic (exact) mass is 632 g/mol. The van der Waals surface area contributed by atoms with Gasteiger partial charge in [0.2, 0.25) is 6.41 Å². The van der Waals surface area contributed by atoms with Gasteiger partial charge in [-0.05, 0) is 101 Å². The van der Waals surface area contributed by atoms with Crippen molar-refractivity contribution in [2.45, 2.75) is 58.4 Å². The predicted octanol–water partition coefficient (Wildman–Crippen LogP) is 6.71. The molecule has 46 heavy (non-hydrogen) atoms. The van der Waals surface area contributed by atoms with Gasteiger partial charge in [-0.2, -0.15) is 0 Å². The predicted molar refractivity (Wildman–Crippen MR) is 170 cm³/mol. The largest absolute Gasteiger partial charge is 0.362 e. The first-order valence-electron chi connectivity index (χ1n) is 15.6. The van der Waals surface area contributed by atoms with Gasteiger partial charge in [-0.1, -0.05) is 54.1 Å². The molecule has 2 heterocycles. The van der Waals surface area contributed by atoms with E-state index in [9.17, 15) is 27.6 Å². The maximum atomic E-state index is 14.3. The van der Waals surface area contributed by atoms with Gasteiger partial charge in [0, 0.05) is 17.7 Å². The molecular weight excluding hydrogens is 593 g/mol. The topological polar surface area (TPSA) is 73.3 Å². The second-order valence-corrected chi connectivity index (χ2v) is 12.4. The first-order valence-corrected chi connectivity index (χ1v) is 15.6. The molecule has 0 saturated carbocycles. The number of nitrogens with zero attached hydrogens (tertiary/aromatic N) is 4. The zero-order valence-electron chi connectivity index (χ0n) is 26.6. The van der Waals surface area contributed by atoms with E-state index in [0.29, 0.717) is 19.4 Å². The number of aryl methyl sites for hydroxylation is 2. The lowest BCUT2D eigenvalue weighted by Crippen LogP contribution is -2.54. The van der Waals surface area contributed by atoms with E-state index in [1.807, 2.05) is 0 Å². The number of carbonyl (C=O) groups excluding carboxylic acids is 3. The van der Waals surface area contributed by atoms with Crippen LogP contribution in [0.3, 0.4) is 0 Å². The van der Waals surface area contributed by atoms with E-state index in [0.717, 1.165) is 48.1 Å². The normalized spacial score (nSPS) is 19.9. The maximum Gasteiger partial charge on any atom is 0.362 e. The van der Waals surface area contributed by atoms with Gasteiger partial charge < -0.3 is 4.90 Å². The number of urea groups is 1. The van der Waals surface area contributed by atoms with Crippen LogP contribution in [0, 0.1) is 37.2 Å². The fourth-order valence-corrected chi connectivity index (χ4v) is 7.15. The minimum absolute atomic E-state index is 0.0918. The molecule has 242 valence electrons. The minimum Gasteiger partial charge on any atom is -0.303 e. The Morgan fingerprint density at radius 3 is 2.22 bits per heavy atom. The average Bonchev–Trinajstić information content (AvgIpc) is 3.02. The standard InChI is InChI=1S/C36H39F3N4O3/c1-23-10-12-28(13-11-23)36(29-9-6-5-8-24(29)2)14-18-41(19-15-36)16-7-17-42(22-44)43-34(27-20-30(37)33(39)31(38)21-27)32(26(4)45)25(3)40-35(43)46/h5-6,8-13,20-22,32,34H,7,14-19H2,1-4H3. The highest BCUT2D eigenvalue weighted by atomic mass is 19.2. The molecule has 3 aromatic rings. The number of aliphatic imine (C=N–C) groups is 1. The van der Waals surface area contributed by atoms with E-state index < -0.39 is 41.2 Å². The van der Waals surface area contributed by atoms with Crippen LogP contribution in [-0.4, -0.2) is 65.0 Å². The molecule has 0 radical (unpaired) electrons. The molecule has 5 rings (SSSR count). The number of ketones is 1. The number of likely N-dealkylation sites (tertiary alicyclic amines) is 1. The SMILES string of the molecule is CC(=O)C1C(C)=NC(=O)N(N(C=O)CCCN2CCC(c3ccc(C)cc3)(c3ccccc3C)CC2)C1c1cc(F)c(F)c(F)c1. The lowest BCUT2D eigenvalue weighted by Gasteiger charge is -2.44. The molecule has 0 aliphatic carbocycles. The van der Waals surface area contributed by atoms with Crippen LogP contribution in [0.5, 0.6) is 0 Å². The Bertz CT molecular complexity index is 1630. The van der Waals surface area contributed by atoms with Gasteiger partial charge in [-0.3, -0.25) is 14.6 Å². The lowest BCUT2D eigenvalue weighted by atomic mass is 9.67. The summed E-state index contributed by atoms with van der Waals surface area (Å²) in [5, 5.41) is 2.07. The molecule has 3 amide bonds. The number of hydrogen-bond donors (Lipinski definition) is 0. The third-order valence-corrected chi connectivity index (χ3v) is 9.52. The van der Waals surface area contributed by atoms with Crippen LogP contribution < -0.4 is 0 Å². The maximum absolute atomic E-state index is 14.3. The highest BCUT2D eigenvalue weighted by molar-refractivity contribution is 6.09. The Kier molecular flexibility index (Phi) is 9.76. The molecule has 0 bridgehead atoms. The fraction of sp³-hybridized carbons (Fsp3) is 0.389. The second kappa shape index (κ2) is 13.6. The number of carbonyl (C=O) groups is 3. The molecule has 1 fully saturated rings. The summed E-state index contributed by atoms with van der Waals surface area (Å²) < 4.78 is 42.5. The molecule has 2 atom stereocenters. The van der Waals surface area contributed by atoms with Crippen molar-refractivity contribution in [2.24, 2.45) is 10.9 Å². The molecule has 0 spiro atoms. The smallest absolute Gasteiger partial charge is 0.303 e. The number of hydrogen-bond acceptors (Lipinski definition) is 4. The molecule has 7 nitrogen and oxygen atoms in total. The van der Waals surface area contributed by atoms with Crippen LogP contribution in [-0.2, 0) is 15.0 Å². The van der Waals surface area contributed by atoms with Crippen LogP contribution >= 0.6 is 0 Å². The summed E-state index contributed by atoms with van der Waals surface area (Å²) in [6.45, 7) is 9.34. The van der Waals surface area contributed by atoms with Crippen molar-refractivity contribution in [1.29, 1.82) is 0 Å². The molecule has 10 heteroatoms. The summed E-state index contributed by atoms with van der Waals surface area (Å²) in [6.07, 6.45) is 2.74. The molecule has 2 aliphatic heterocycles. The number of piperidine rings is 1. The molecular formula is C36H39F3N4O3. The van der Waals surface area contributed by atoms with E-state index in [1.54, 1.807) is 0 Å². The average molecular weight is 633 g/mol. The lowest BCUT2D eigenvalue weighted by molar-refractivity contribution is -0.137. The van der Waals surface area contributed by atoms with Gasteiger partial charge in [-0.25, -0.2) is 28.0 Å². The summed E-state index contributed by atoms with van der Waals surface area (Å²) in [5.74, 6) is -6.08. The fourth-order valence-electron chi connectivity index (χ4n) is 7.15. The zero-order chi connectivity index (χ0) is 33.2. The van der Waals surface area contributed by atoms with Crippen molar-refractivity contribution in [3.05, 3.63) is 106 Å². The van der Waals surface area contributed by atoms with Gasteiger partial charge in [-0.15, -0.1) is 0 Å². The van der Waals surface area contributed by atoms with E-state index in [4.69, 9.17) is 0 Å². The summed E-state index contributed by atoms with van der Waals surface area (Å²) in [4.78, 5) is 44.6. The summed E-state index contributed by atoms with van der Waals surface area (Å²) in [7, 11) is 0. The molecule has 3 aromatic carbocycles. The molecule has 2 unspecified atom stereocenters. The molecule has 0 aromatic heterocycles. The Hall–Kier alpha value is -4.31. The number of rotatable bonds is 10. The van der Waals surface area contributed by atoms with E-state index in [-0.39, 0.29) is 23.2 Å². The van der Waals surface area contributed by atoms with Crippen molar-refractivity contribution >= 4 is 23.9 Å². The quantitative estimate of drug-likeness (QED) is 0.184. The van der Waals surface area contributed by atoms with Crippen molar-refractivity contribution in [3.63, 3.8) is 0 Å². The highest BCUT2D eigenvalue weighted by Crippen LogP contribution is 2.43. The first kappa shape index (κ1) is 33.1. The Morgan fingerprint density at radius 2 is 1.63 bits per heavy atom. The van der Waals surface area contributed by atoms with Crippen molar-refractivity contribution in [2.75, 3.05) is 26.2 Å².